The summed E-state index contributed by atoms with van der Waals surface area (Å²) in [5, 5.41) is 14.1. The number of rotatable bonds is 7. The van der Waals surface area contributed by atoms with Crippen LogP contribution < -0.4 is 5.32 Å². The van der Waals surface area contributed by atoms with Gasteiger partial charge in [0.2, 0.25) is 5.91 Å². The van der Waals surface area contributed by atoms with Crippen molar-refractivity contribution in [3.05, 3.63) is 38.9 Å². The van der Waals surface area contributed by atoms with Crippen molar-refractivity contribution in [2.75, 3.05) is 20.1 Å². The van der Waals surface area contributed by atoms with Crippen LogP contribution in [0.15, 0.2) is 18.2 Å². The van der Waals surface area contributed by atoms with Crippen molar-refractivity contribution < 1.29 is 9.72 Å². The molecule has 0 bridgehead atoms. The van der Waals surface area contributed by atoms with E-state index in [0.717, 1.165) is 6.54 Å². The van der Waals surface area contributed by atoms with Crippen LogP contribution in [0.25, 0.3) is 0 Å². The zero-order valence-corrected chi connectivity index (χ0v) is 12.6. The first-order chi connectivity index (χ1) is 9.95. The Balaban J connectivity index is 1.88. The van der Waals surface area contributed by atoms with Crippen molar-refractivity contribution >= 4 is 23.2 Å². The van der Waals surface area contributed by atoms with E-state index in [0.29, 0.717) is 23.0 Å². The largest absolute Gasteiger partial charge is 0.355 e. The molecule has 6 nitrogen and oxygen atoms in total. The Morgan fingerprint density at radius 3 is 2.86 bits per heavy atom. The van der Waals surface area contributed by atoms with E-state index < -0.39 is 4.92 Å². The number of nitrogens with zero attached hydrogens (tertiary/aromatic N) is 2. The lowest BCUT2D eigenvalue weighted by molar-refractivity contribution is -0.384. The molecule has 0 atom stereocenters. The summed E-state index contributed by atoms with van der Waals surface area (Å²) in [5.74, 6) is 0.608. The lowest BCUT2D eigenvalue weighted by Gasteiger charge is -2.17. The number of benzene rings is 1. The molecule has 1 saturated carbocycles. The van der Waals surface area contributed by atoms with E-state index in [1.807, 2.05) is 0 Å². The van der Waals surface area contributed by atoms with Gasteiger partial charge in [0.25, 0.3) is 5.69 Å². The molecule has 21 heavy (non-hydrogen) atoms. The molecule has 0 radical (unpaired) electrons. The zero-order chi connectivity index (χ0) is 15.4. The van der Waals surface area contributed by atoms with Crippen LogP contribution in [0, 0.1) is 16.0 Å². The Bertz CT molecular complexity index is 546. The number of hydrogen-bond donors (Lipinski definition) is 1. The maximum absolute atomic E-state index is 11.7. The fourth-order valence-corrected chi connectivity index (χ4v) is 2.20. The number of hydrogen-bond acceptors (Lipinski definition) is 4. The summed E-state index contributed by atoms with van der Waals surface area (Å²) in [6.45, 7) is 1.37. The number of amides is 1. The van der Waals surface area contributed by atoms with E-state index >= 15 is 0 Å². The van der Waals surface area contributed by atoms with Gasteiger partial charge in [0.1, 0.15) is 0 Å². The predicted molar refractivity (Wildman–Crippen MR) is 80.2 cm³/mol. The summed E-state index contributed by atoms with van der Waals surface area (Å²) in [4.78, 5) is 23.8. The van der Waals surface area contributed by atoms with Gasteiger partial charge in [0.05, 0.1) is 11.5 Å². The van der Waals surface area contributed by atoms with Crippen LogP contribution in [0.4, 0.5) is 5.69 Å². The molecule has 0 spiro atoms. The Labute approximate surface area is 128 Å². The Morgan fingerprint density at radius 2 is 2.24 bits per heavy atom. The predicted octanol–water partition coefficient (Wildman–Crippen LogP) is 2.21. The van der Waals surface area contributed by atoms with E-state index in [4.69, 9.17) is 11.6 Å². The maximum Gasteiger partial charge on any atom is 0.269 e. The van der Waals surface area contributed by atoms with Crippen LogP contribution in [0.1, 0.15) is 18.4 Å². The number of non-ortho nitro benzene ring substituents is 1. The summed E-state index contributed by atoms with van der Waals surface area (Å²) in [5.41, 5.74) is 0.643. The minimum absolute atomic E-state index is 0.000912. The Morgan fingerprint density at radius 1 is 1.52 bits per heavy atom. The first-order valence-electron chi connectivity index (χ1n) is 6.83. The first-order valence-corrected chi connectivity index (χ1v) is 7.21. The highest BCUT2D eigenvalue weighted by Gasteiger charge is 2.21. The fraction of sp³-hybridized carbons (Fsp3) is 0.500. The highest BCUT2D eigenvalue weighted by molar-refractivity contribution is 6.31. The minimum Gasteiger partial charge on any atom is -0.355 e. The van der Waals surface area contributed by atoms with Gasteiger partial charge in [-0.1, -0.05) is 11.6 Å². The van der Waals surface area contributed by atoms with E-state index in [9.17, 15) is 14.9 Å². The van der Waals surface area contributed by atoms with Gasteiger partial charge < -0.3 is 5.32 Å². The van der Waals surface area contributed by atoms with Gasteiger partial charge in [0, 0.05) is 30.2 Å². The van der Waals surface area contributed by atoms with Crippen LogP contribution in [-0.4, -0.2) is 35.9 Å². The summed E-state index contributed by atoms with van der Waals surface area (Å²) < 4.78 is 0. The third-order valence-electron chi connectivity index (χ3n) is 3.38. The van der Waals surface area contributed by atoms with Gasteiger partial charge in [-0.15, -0.1) is 0 Å². The summed E-state index contributed by atoms with van der Waals surface area (Å²) in [6, 6.07) is 4.32. The minimum atomic E-state index is -0.456. The van der Waals surface area contributed by atoms with Crippen LogP contribution in [0.2, 0.25) is 5.02 Å². The van der Waals surface area contributed by atoms with E-state index in [1.54, 1.807) is 11.9 Å². The molecule has 2 rings (SSSR count). The molecule has 114 valence electrons. The number of carbonyl (C=O) groups excluding carboxylic acids is 1. The normalized spacial score (nSPS) is 14.2. The molecule has 1 N–H and O–H groups in total. The maximum atomic E-state index is 11.7. The van der Waals surface area contributed by atoms with Crippen molar-refractivity contribution in [3.63, 3.8) is 0 Å². The number of carbonyl (C=O) groups is 1. The number of nitro benzene ring substituents is 1. The number of halogens is 1. The van der Waals surface area contributed by atoms with Gasteiger partial charge >= 0.3 is 0 Å². The monoisotopic (exact) mass is 311 g/mol. The summed E-state index contributed by atoms with van der Waals surface area (Å²) >= 11 is 6.04. The highest BCUT2D eigenvalue weighted by atomic mass is 35.5. The van der Waals surface area contributed by atoms with Crippen molar-refractivity contribution in [2.45, 2.75) is 19.4 Å². The topological polar surface area (TPSA) is 75.5 Å². The van der Waals surface area contributed by atoms with E-state index in [1.165, 1.54) is 31.0 Å². The molecule has 1 aliphatic carbocycles. The van der Waals surface area contributed by atoms with Crippen molar-refractivity contribution in [1.29, 1.82) is 0 Å². The number of likely N-dealkylation sites (N-methyl/N-ethyl adjacent to an activating group) is 1. The zero-order valence-electron chi connectivity index (χ0n) is 11.8. The van der Waals surface area contributed by atoms with Gasteiger partial charge in [-0.2, -0.15) is 0 Å². The molecule has 0 unspecified atom stereocenters. The quantitative estimate of drug-likeness (QED) is 0.619. The Kier molecular flexibility index (Phi) is 5.14. The molecule has 0 aromatic heterocycles. The third kappa shape index (κ3) is 4.99. The molecular formula is C14H18ClN3O3. The second-order valence-corrected chi connectivity index (χ2v) is 5.86. The fourth-order valence-electron chi connectivity index (χ4n) is 2.02. The smallest absolute Gasteiger partial charge is 0.269 e. The van der Waals surface area contributed by atoms with Crippen molar-refractivity contribution in [2.24, 2.45) is 5.92 Å². The third-order valence-corrected chi connectivity index (χ3v) is 3.75. The second-order valence-electron chi connectivity index (χ2n) is 5.45. The van der Waals surface area contributed by atoms with Crippen LogP contribution in [0.3, 0.4) is 0 Å². The average molecular weight is 312 g/mol. The molecule has 7 heteroatoms. The molecule has 1 aliphatic rings. The lowest BCUT2D eigenvalue weighted by atomic mass is 10.2. The number of nitro groups is 1. The van der Waals surface area contributed by atoms with Crippen molar-refractivity contribution in [3.8, 4) is 0 Å². The second kappa shape index (κ2) is 6.87. The lowest BCUT2D eigenvalue weighted by Crippen LogP contribution is -2.35. The van der Waals surface area contributed by atoms with E-state index in [2.05, 4.69) is 5.32 Å². The van der Waals surface area contributed by atoms with E-state index in [-0.39, 0.29) is 18.1 Å². The number of nitrogens with one attached hydrogen (secondary N) is 1. The summed E-state index contributed by atoms with van der Waals surface area (Å²) in [7, 11) is 1.78. The molecule has 0 heterocycles. The summed E-state index contributed by atoms with van der Waals surface area (Å²) in [6.07, 6.45) is 2.39. The molecule has 1 aromatic carbocycles. The SMILES string of the molecule is CN(CC(=O)NCC1CC1)Cc1cc([N+](=O)[O-])ccc1Cl. The van der Waals surface area contributed by atoms with Crippen LogP contribution in [-0.2, 0) is 11.3 Å². The molecule has 1 aromatic rings. The van der Waals surface area contributed by atoms with Crippen LogP contribution >= 0.6 is 11.6 Å². The molecule has 0 aliphatic heterocycles. The molecule has 1 fully saturated rings. The molecular weight excluding hydrogens is 294 g/mol. The standard InChI is InChI=1S/C14H18ClN3O3/c1-17(9-14(19)16-7-10-2-3-10)8-11-6-12(18(20)21)4-5-13(11)15/h4-6,10H,2-3,7-9H2,1H3,(H,16,19). The average Bonchev–Trinajstić information content (AvgIpc) is 3.22. The van der Waals surface area contributed by atoms with Gasteiger partial charge in [0.15, 0.2) is 0 Å². The Hall–Kier alpha value is -1.66. The van der Waals surface area contributed by atoms with Gasteiger partial charge in [-0.3, -0.25) is 19.8 Å². The highest BCUT2D eigenvalue weighted by Crippen LogP contribution is 2.27. The first kappa shape index (κ1) is 15.7. The van der Waals surface area contributed by atoms with Gasteiger partial charge in [-0.25, -0.2) is 0 Å². The van der Waals surface area contributed by atoms with Crippen LogP contribution in [0.5, 0.6) is 0 Å². The molecule has 1 amide bonds. The molecule has 0 saturated heterocycles. The van der Waals surface area contributed by atoms with Gasteiger partial charge in [-0.05, 0) is 37.4 Å². The van der Waals surface area contributed by atoms with Crippen molar-refractivity contribution in [1.82, 2.24) is 10.2 Å².